The van der Waals surface area contributed by atoms with Crippen molar-refractivity contribution in [3.05, 3.63) is 109 Å². The fourth-order valence-corrected chi connectivity index (χ4v) is 1.03. The van der Waals surface area contributed by atoms with Crippen molar-refractivity contribution in [1.29, 1.82) is 0 Å². The van der Waals surface area contributed by atoms with Gasteiger partial charge in [-0.2, -0.15) is 109 Å². The van der Waals surface area contributed by atoms with E-state index in [4.69, 9.17) is 0 Å². The van der Waals surface area contributed by atoms with Crippen molar-refractivity contribution in [3.63, 3.8) is 0 Å². The minimum atomic E-state index is 0. The fourth-order valence-electron chi connectivity index (χ4n) is 1.03. The molecule has 0 atom stereocenters. The maximum atomic E-state index is 2.89. The predicted octanol–water partition coefficient (Wildman–Crippen LogP) is 4.46. The van der Waals surface area contributed by atoms with Crippen molar-refractivity contribution >= 4 is 0 Å². The molecule has 0 amide bonds. The molecule has 19 heavy (non-hydrogen) atoms. The molecule has 0 bridgehead atoms. The van der Waals surface area contributed by atoms with Gasteiger partial charge in [0, 0.05) is 0 Å². The summed E-state index contributed by atoms with van der Waals surface area (Å²) in [6.45, 7) is 0. The number of hydrogen-bond acceptors (Lipinski definition) is 0. The van der Waals surface area contributed by atoms with Crippen molar-refractivity contribution < 1.29 is 17.1 Å². The van der Waals surface area contributed by atoms with Crippen LogP contribution in [0.4, 0.5) is 0 Å². The summed E-state index contributed by atoms with van der Waals surface area (Å²) in [7, 11) is 0. The van der Waals surface area contributed by atoms with Crippen LogP contribution in [-0.4, -0.2) is 0 Å². The molecular weight excluding hydrogens is 272 g/mol. The molecule has 3 aromatic carbocycles. The smallest absolute Gasteiger partial charge is 0.184 e. The van der Waals surface area contributed by atoms with Crippen LogP contribution in [-0.2, 0) is 17.1 Å². The Morgan fingerprint density at radius 1 is 0.316 bits per heavy atom. The molecule has 1 heteroatoms. The van der Waals surface area contributed by atoms with E-state index >= 15 is 0 Å². The minimum Gasteiger partial charge on any atom is -0.184 e. The van der Waals surface area contributed by atoms with Crippen LogP contribution in [0.2, 0.25) is 0 Å². The first-order valence-electron chi connectivity index (χ1n) is 5.73. The van der Waals surface area contributed by atoms with E-state index in [1.807, 2.05) is 91.0 Å². The van der Waals surface area contributed by atoms with Crippen LogP contribution in [0.15, 0.2) is 91.0 Å². The standard InChI is InChI=1S/3C6H5.Fe/c3*1-2-4-6-5-3-1;/h3*1-5H;/q3*-1;+3. The predicted molar refractivity (Wildman–Crippen MR) is 75.8 cm³/mol. The maximum Gasteiger partial charge on any atom is 3.00 e. The molecule has 0 heterocycles. The molecule has 95 valence electrons. The third-order valence-corrected chi connectivity index (χ3v) is 1.82. The molecule has 0 aliphatic heterocycles. The van der Waals surface area contributed by atoms with Gasteiger partial charge < -0.3 is 0 Å². The van der Waals surface area contributed by atoms with Crippen LogP contribution in [0.3, 0.4) is 0 Å². The zero-order chi connectivity index (χ0) is 12.7. The Morgan fingerprint density at radius 3 is 0.579 bits per heavy atom. The fraction of sp³-hybridized carbons (Fsp3) is 0. The van der Waals surface area contributed by atoms with Crippen LogP contribution in [0.5, 0.6) is 0 Å². The molecule has 0 saturated heterocycles. The van der Waals surface area contributed by atoms with E-state index in [0.29, 0.717) is 0 Å². The van der Waals surface area contributed by atoms with E-state index in [9.17, 15) is 0 Å². The van der Waals surface area contributed by atoms with Crippen molar-refractivity contribution in [3.8, 4) is 0 Å². The zero-order valence-corrected chi connectivity index (χ0v) is 11.6. The quantitative estimate of drug-likeness (QED) is 0.423. The van der Waals surface area contributed by atoms with Crippen molar-refractivity contribution in [2.24, 2.45) is 0 Å². The summed E-state index contributed by atoms with van der Waals surface area (Å²) in [6.07, 6.45) is 0. The summed E-state index contributed by atoms with van der Waals surface area (Å²) in [5.74, 6) is 0. The van der Waals surface area contributed by atoms with Gasteiger partial charge in [-0.3, -0.25) is 0 Å². The van der Waals surface area contributed by atoms with Gasteiger partial charge in [-0.1, -0.05) is 0 Å². The average molecular weight is 287 g/mol. The van der Waals surface area contributed by atoms with Crippen molar-refractivity contribution in [2.45, 2.75) is 0 Å². The monoisotopic (exact) mass is 287 g/mol. The third kappa shape index (κ3) is 12.4. The Balaban J connectivity index is 0.000000249. The van der Waals surface area contributed by atoms with Gasteiger partial charge in [0.1, 0.15) is 0 Å². The molecule has 1 radical (unpaired) electrons. The Bertz CT molecular complexity index is 296. The molecule has 0 N–H and O–H groups in total. The van der Waals surface area contributed by atoms with E-state index in [2.05, 4.69) is 18.2 Å². The van der Waals surface area contributed by atoms with Gasteiger partial charge in [0.05, 0.1) is 0 Å². The first kappa shape index (κ1) is 17.2. The Labute approximate surface area is 126 Å². The summed E-state index contributed by atoms with van der Waals surface area (Å²) in [6, 6.07) is 37.5. The van der Waals surface area contributed by atoms with Gasteiger partial charge >= 0.3 is 17.1 Å². The van der Waals surface area contributed by atoms with Gasteiger partial charge in [-0.25, -0.2) is 0 Å². The van der Waals surface area contributed by atoms with Gasteiger partial charge in [0.25, 0.3) is 0 Å². The average Bonchev–Trinajstić information content (AvgIpc) is 2.54. The van der Waals surface area contributed by atoms with Gasteiger partial charge in [-0.05, 0) is 0 Å². The third-order valence-electron chi connectivity index (χ3n) is 1.82. The van der Waals surface area contributed by atoms with E-state index in [-0.39, 0.29) is 17.1 Å². The number of rotatable bonds is 0. The molecule has 0 fully saturated rings. The largest absolute Gasteiger partial charge is 3.00 e. The van der Waals surface area contributed by atoms with Crippen LogP contribution in [0.1, 0.15) is 0 Å². The Morgan fingerprint density at radius 2 is 0.526 bits per heavy atom. The molecular formula is C18H15Fe. The minimum absolute atomic E-state index is 0. The number of hydrogen-bond donors (Lipinski definition) is 0. The molecule has 0 unspecified atom stereocenters. The zero-order valence-electron chi connectivity index (χ0n) is 10.5. The van der Waals surface area contributed by atoms with Crippen LogP contribution in [0, 0.1) is 18.2 Å². The molecule has 0 saturated carbocycles. The Hall–Kier alpha value is -1.82. The summed E-state index contributed by atoms with van der Waals surface area (Å²) in [5, 5.41) is 0. The SMILES string of the molecule is [Fe+3].[c-]1ccccc1.[c-]1ccccc1.[c-]1ccccc1. The molecule has 3 rings (SSSR count). The molecule has 0 aliphatic rings. The molecule has 0 aliphatic carbocycles. The summed E-state index contributed by atoms with van der Waals surface area (Å²) < 4.78 is 0. The topological polar surface area (TPSA) is 0 Å². The summed E-state index contributed by atoms with van der Waals surface area (Å²) >= 11 is 0. The van der Waals surface area contributed by atoms with Crippen LogP contribution in [0.25, 0.3) is 0 Å². The van der Waals surface area contributed by atoms with Gasteiger partial charge in [0.2, 0.25) is 0 Å². The first-order chi connectivity index (χ1) is 9.00. The van der Waals surface area contributed by atoms with Crippen molar-refractivity contribution in [1.82, 2.24) is 0 Å². The maximum absolute atomic E-state index is 2.89. The van der Waals surface area contributed by atoms with E-state index in [0.717, 1.165) is 0 Å². The molecule has 0 nitrogen and oxygen atoms in total. The summed E-state index contributed by atoms with van der Waals surface area (Å²) in [4.78, 5) is 0. The molecule has 0 aromatic heterocycles. The van der Waals surface area contributed by atoms with Gasteiger partial charge in [0.15, 0.2) is 0 Å². The first-order valence-corrected chi connectivity index (χ1v) is 5.73. The van der Waals surface area contributed by atoms with Crippen LogP contribution >= 0.6 is 0 Å². The van der Waals surface area contributed by atoms with Crippen LogP contribution < -0.4 is 0 Å². The number of benzene rings is 3. The van der Waals surface area contributed by atoms with E-state index in [1.165, 1.54) is 0 Å². The second-order valence-electron chi connectivity index (χ2n) is 3.23. The normalized spacial score (nSPS) is 7.58. The molecule has 0 spiro atoms. The van der Waals surface area contributed by atoms with Crippen molar-refractivity contribution in [2.75, 3.05) is 0 Å². The van der Waals surface area contributed by atoms with E-state index in [1.54, 1.807) is 0 Å². The second-order valence-corrected chi connectivity index (χ2v) is 3.23. The molecule has 3 aromatic rings. The van der Waals surface area contributed by atoms with E-state index < -0.39 is 0 Å². The second kappa shape index (κ2) is 14.2. The van der Waals surface area contributed by atoms with Gasteiger partial charge in [-0.15, -0.1) is 0 Å². The summed E-state index contributed by atoms with van der Waals surface area (Å²) in [5.41, 5.74) is 0. The Kier molecular flexibility index (Phi) is 12.9.